The molecular weight excluding hydrogens is 763 g/mol. The van der Waals surface area contributed by atoms with Crippen molar-refractivity contribution in [2.45, 2.75) is 92.9 Å². The summed E-state index contributed by atoms with van der Waals surface area (Å²) in [5.74, 6) is 1.65. The van der Waals surface area contributed by atoms with Gasteiger partial charge in [0.15, 0.2) is 0 Å². The van der Waals surface area contributed by atoms with Crippen LogP contribution < -0.4 is 22.1 Å². The molecule has 0 bridgehead atoms. The van der Waals surface area contributed by atoms with Crippen molar-refractivity contribution in [1.29, 1.82) is 0 Å². The lowest BCUT2D eigenvalue weighted by atomic mass is 10.0. The number of allylic oxidation sites excluding steroid dienone is 2. The minimum Gasteiger partial charge on any atom is -0.399 e. The van der Waals surface area contributed by atoms with E-state index in [0.717, 1.165) is 141 Å². The first kappa shape index (κ1) is 43.2. The van der Waals surface area contributed by atoms with Crippen LogP contribution >= 0.6 is 0 Å². The highest BCUT2D eigenvalue weighted by molar-refractivity contribution is 5.87. The van der Waals surface area contributed by atoms with E-state index in [1.54, 1.807) is 0 Å². The molecule has 6 aromatic rings. The number of nitrogens with two attached hydrogens (primary N) is 2. The van der Waals surface area contributed by atoms with Gasteiger partial charge in [-0.05, 0) is 99.2 Å². The summed E-state index contributed by atoms with van der Waals surface area (Å²) >= 11 is 0. The Labute approximate surface area is 360 Å². The zero-order valence-corrected chi connectivity index (χ0v) is 36.9. The van der Waals surface area contributed by atoms with Crippen molar-refractivity contribution in [2.75, 3.05) is 56.6 Å². The minimum absolute atomic E-state index is 0.537. The number of hydrogen-bond donors (Lipinski definition) is 4. The van der Waals surface area contributed by atoms with Gasteiger partial charge in [-0.2, -0.15) is 10.2 Å². The van der Waals surface area contributed by atoms with Crippen molar-refractivity contribution < 1.29 is 4.74 Å². The molecule has 0 aliphatic carbocycles. The van der Waals surface area contributed by atoms with Gasteiger partial charge in [0, 0.05) is 94.5 Å². The molecule has 4 aromatic heterocycles. The number of aromatic nitrogens is 8. The normalized spacial score (nSPS) is 13.6. The van der Waals surface area contributed by atoms with E-state index in [9.17, 15) is 0 Å². The molecular formula is C47H65N13O. The summed E-state index contributed by atoms with van der Waals surface area (Å²) in [6.07, 6.45) is 8.90. The molecule has 0 unspecified atom stereocenters. The van der Waals surface area contributed by atoms with Crippen LogP contribution in [-0.4, -0.2) is 89.5 Å². The molecule has 1 aliphatic heterocycles. The number of imidazole rings is 2. The van der Waals surface area contributed by atoms with E-state index in [0.29, 0.717) is 31.0 Å². The quantitative estimate of drug-likeness (QED) is 0.0577. The third-order valence-electron chi connectivity index (χ3n) is 11.5. The number of anilines is 2. The van der Waals surface area contributed by atoms with E-state index in [-0.39, 0.29) is 0 Å². The summed E-state index contributed by atoms with van der Waals surface area (Å²) in [6.45, 7) is 27.4. The predicted molar refractivity (Wildman–Crippen MR) is 250 cm³/mol. The molecule has 61 heavy (non-hydrogen) atoms. The summed E-state index contributed by atoms with van der Waals surface area (Å²) in [6, 6.07) is 12.8. The van der Waals surface area contributed by atoms with Crippen molar-refractivity contribution >= 4 is 45.4 Å². The lowest BCUT2D eigenvalue weighted by Crippen LogP contribution is -2.37. The van der Waals surface area contributed by atoms with Gasteiger partial charge in [0.1, 0.15) is 0 Å². The van der Waals surface area contributed by atoms with Crippen LogP contribution in [0.15, 0.2) is 61.7 Å². The average molecular weight is 828 g/mol. The SMILES string of the molecule is C=C(N)c1cc(CCC)c2c(c1)nc(NCCc1cc(C)nn1CC)n2C/C=C/Cn1c(NCCc2cc(C)nn2CC)nc2cc(C(=C)N)cc(CCN3CCOCC3)c21. The molecule has 0 radical (unpaired) electrons. The molecule has 0 atom stereocenters. The second kappa shape index (κ2) is 19.7. The van der Waals surface area contributed by atoms with E-state index < -0.39 is 0 Å². The van der Waals surface area contributed by atoms with E-state index in [4.69, 9.17) is 26.2 Å². The molecule has 7 rings (SSSR count). The lowest BCUT2D eigenvalue weighted by Gasteiger charge is -2.26. The molecule has 324 valence electrons. The molecule has 0 amide bonds. The first-order valence-electron chi connectivity index (χ1n) is 22.0. The van der Waals surface area contributed by atoms with Gasteiger partial charge < -0.3 is 36.0 Å². The molecule has 0 saturated carbocycles. The smallest absolute Gasteiger partial charge is 0.204 e. The Hall–Kier alpha value is -5.86. The van der Waals surface area contributed by atoms with E-state index in [1.807, 2.05) is 13.8 Å². The maximum absolute atomic E-state index is 6.34. The van der Waals surface area contributed by atoms with Crippen molar-refractivity contribution in [2.24, 2.45) is 11.5 Å². The third kappa shape index (κ3) is 10.0. The maximum Gasteiger partial charge on any atom is 0.204 e. The molecule has 2 aromatic carbocycles. The Bertz CT molecular complexity index is 2510. The van der Waals surface area contributed by atoms with E-state index in [2.05, 4.69) is 127 Å². The van der Waals surface area contributed by atoms with Crippen LogP contribution in [0.1, 0.15) is 72.2 Å². The van der Waals surface area contributed by atoms with Gasteiger partial charge in [-0.15, -0.1) is 0 Å². The number of ether oxygens (including phenoxy) is 1. The Morgan fingerprint density at radius 3 is 1.61 bits per heavy atom. The van der Waals surface area contributed by atoms with Gasteiger partial charge in [-0.3, -0.25) is 14.3 Å². The van der Waals surface area contributed by atoms with Crippen LogP contribution in [0.3, 0.4) is 0 Å². The van der Waals surface area contributed by atoms with Gasteiger partial charge in [-0.1, -0.05) is 38.7 Å². The maximum atomic E-state index is 6.34. The van der Waals surface area contributed by atoms with Crippen LogP contribution in [0, 0.1) is 13.8 Å². The second-order valence-electron chi connectivity index (χ2n) is 16.1. The van der Waals surface area contributed by atoms with Crippen molar-refractivity contribution in [3.8, 4) is 0 Å². The number of nitrogens with zero attached hydrogens (tertiary/aromatic N) is 9. The number of benzene rings is 2. The van der Waals surface area contributed by atoms with Crippen molar-refractivity contribution in [1.82, 2.24) is 43.6 Å². The molecule has 5 heterocycles. The Morgan fingerprint density at radius 2 is 1.16 bits per heavy atom. The van der Waals surface area contributed by atoms with Crippen molar-refractivity contribution in [3.05, 3.63) is 107 Å². The standard InChI is InChI=1S/C47H65N13O/c1-8-13-36-28-38(34(6)48)30-42-44(36)57(46(52-42)50-17-14-40-26-32(4)54-59(40)9-2)19-11-12-20-58-45-37(16-21-56-22-24-61-25-23-56)29-39(35(7)49)31-43(45)53-47(58)51-18-15-41-27-33(5)55-60(41)10-3/h11-12,26-31H,6-10,13-25,48-49H2,1-5H3,(H,50,52)(H,51,53)/b12-11+. The fourth-order valence-electron chi connectivity index (χ4n) is 8.57. The molecule has 14 nitrogen and oxygen atoms in total. The first-order chi connectivity index (χ1) is 29.6. The fraction of sp³-hybridized carbons (Fsp3) is 0.447. The Morgan fingerprint density at radius 1 is 0.689 bits per heavy atom. The van der Waals surface area contributed by atoms with Crippen LogP contribution in [-0.2, 0) is 56.6 Å². The van der Waals surface area contributed by atoms with Crippen LogP contribution in [0.5, 0.6) is 0 Å². The van der Waals surface area contributed by atoms with E-state index >= 15 is 0 Å². The largest absolute Gasteiger partial charge is 0.399 e. The van der Waals surface area contributed by atoms with Crippen LogP contribution in [0.25, 0.3) is 33.5 Å². The minimum atomic E-state index is 0.537. The highest BCUT2D eigenvalue weighted by atomic mass is 16.5. The molecule has 14 heteroatoms. The number of morpholine rings is 1. The lowest BCUT2D eigenvalue weighted by molar-refractivity contribution is 0.0385. The fourth-order valence-corrected chi connectivity index (χ4v) is 8.57. The predicted octanol–water partition coefficient (Wildman–Crippen LogP) is 6.69. The zero-order chi connectivity index (χ0) is 43.0. The molecule has 1 saturated heterocycles. The number of hydrogen-bond acceptors (Lipinski definition) is 10. The van der Waals surface area contributed by atoms with Crippen LogP contribution in [0.2, 0.25) is 0 Å². The highest BCUT2D eigenvalue weighted by Gasteiger charge is 2.20. The Kier molecular flexibility index (Phi) is 13.9. The third-order valence-corrected chi connectivity index (χ3v) is 11.5. The van der Waals surface area contributed by atoms with Crippen molar-refractivity contribution in [3.63, 3.8) is 0 Å². The second-order valence-corrected chi connectivity index (χ2v) is 16.1. The van der Waals surface area contributed by atoms with Gasteiger partial charge in [0.2, 0.25) is 11.9 Å². The molecule has 1 fully saturated rings. The van der Waals surface area contributed by atoms with Gasteiger partial charge in [-0.25, -0.2) is 9.97 Å². The summed E-state index contributed by atoms with van der Waals surface area (Å²) in [5, 5.41) is 16.7. The number of nitrogens with one attached hydrogen (secondary N) is 2. The summed E-state index contributed by atoms with van der Waals surface area (Å²) in [7, 11) is 0. The van der Waals surface area contributed by atoms with Gasteiger partial charge in [0.25, 0.3) is 0 Å². The average Bonchev–Trinajstić information content (AvgIpc) is 4.00. The number of aryl methyl sites for hydroxylation is 5. The van der Waals surface area contributed by atoms with Crippen LogP contribution in [0.4, 0.5) is 11.9 Å². The van der Waals surface area contributed by atoms with Gasteiger partial charge in [0.05, 0.1) is 46.7 Å². The number of fused-ring (bicyclic) bond motifs is 2. The summed E-state index contributed by atoms with van der Waals surface area (Å²) < 4.78 is 14.4. The summed E-state index contributed by atoms with van der Waals surface area (Å²) in [4.78, 5) is 12.9. The highest BCUT2D eigenvalue weighted by Crippen LogP contribution is 2.30. The van der Waals surface area contributed by atoms with Gasteiger partial charge >= 0.3 is 0 Å². The zero-order valence-electron chi connectivity index (χ0n) is 36.9. The topological polar surface area (TPSA) is 160 Å². The monoisotopic (exact) mass is 828 g/mol. The van der Waals surface area contributed by atoms with E-state index in [1.165, 1.54) is 22.5 Å². The molecule has 1 aliphatic rings. The Balaban J connectivity index is 1.21. The summed E-state index contributed by atoms with van der Waals surface area (Å²) in [5.41, 5.74) is 26.4. The molecule has 6 N–H and O–H groups in total. The molecule has 0 spiro atoms. The number of rotatable bonds is 21. The first-order valence-corrected chi connectivity index (χ1v) is 22.0.